The zero-order valence-corrected chi connectivity index (χ0v) is 17.6. The first-order valence-electron chi connectivity index (χ1n) is 9.82. The summed E-state index contributed by atoms with van der Waals surface area (Å²) in [7, 11) is 2.42. The molecule has 3 rings (SSSR count). The number of anilines is 1. The molecule has 2 aromatic rings. The lowest BCUT2D eigenvalue weighted by Crippen LogP contribution is -2.41. The Balaban J connectivity index is 1.79. The highest BCUT2D eigenvalue weighted by Gasteiger charge is 2.45. The number of fused-ring (bicyclic) bond motifs is 1. The zero-order chi connectivity index (χ0) is 22.1. The topological polar surface area (TPSA) is 41.6 Å². The number of rotatable bonds is 6. The van der Waals surface area contributed by atoms with Crippen molar-refractivity contribution in [1.29, 1.82) is 0 Å². The van der Waals surface area contributed by atoms with Gasteiger partial charge in [-0.25, -0.2) is 0 Å². The third-order valence-corrected chi connectivity index (χ3v) is 5.93. The largest absolute Gasteiger partial charge is 0.413 e. The Kier molecular flexibility index (Phi) is 6.13. The molecule has 0 spiro atoms. The average molecular weight is 420 g/mol. The van der Waals surface area contributed by atoms with Crippen LogP contribution in [0.25, 0.3) is 0 Å². The van der Waals surface area contributed by atoms with E-state index in [1.54, 1.807) is 12.1 Å². The number of carbonyl (C=O) groups excluding carboxylic acids is 1. The highest BCUT2D eigenvalue weighted by Crippen LogP contribution is 2.41. The molecule has 30 heavy (non-hydrogen) atoms. The van der Waals surface area contributed by atoms with Gasteiger partial charge in [-0.15, -0.1) is 0 Å². The van der Waals surface area contributed by atoms with Gasteiger partial charge in [-0.2, -0.15) is 13.2 Å². The molecule has 1 aliphatic carbocycles. The minimum atomic E-state index is -4.60. The van der Waals surface area contributed by atoms with Crippen molar-refractivity contribution in [2.45, 2.75) is 43.9 Å². The Labute approximate surface area is 175 Å². The number of alkyl halides is 3. The summed E-state index contributed by atoms with van der Waals surface area (Å²) in [6, 6.07) is 12.5. The minimum absolute atomic E-state index is 0.00831. The molecule has 0 radical (unpaired) electrons. The van der Waals surface area contributed by atoms with Crippen LogP contribution >= 0.6 is 0 Å². The van der Waals surface area contributed by atoms with Crippen LogP contribution in [0.2, 0.25) is 0 Å². The second-order valence-corrected chi connectivity index (χ2v) is 8.28. The molecular weight excluding hydrogens is 393 g/mol. The van der Waals surface area contributed by atoms with Gasteiger partial charge in [-0.1, -0.05) is 50.2 Å². The fourth-order valence-corrected chi connectivity index (χ4v) is 4.19. The van der Waals surface area contributed by atoms with Crippen molar-refractivity contribution in [1.82, 2.24) is 4.90 Å². The van der Waals surface area contributed by atoms with Gasteiger partial charge in [0.15, 0.2) is 6.04 Å². The molecule has 4 nitrogen and oxygen atoms in total. The maximum Gasteiger partial charge on any atom is 0.413 e. The molecule has 2 aromatic carbocycles. The van der Waals surface area contributed by atoms with Crippen LogP contribution in [-0.4, -0.2) is 43.8 Å². The molecule has 0 aliphatic heterocycles. The Bertz CT molecular complexity index is 894. The number of carbonyl (C=O) groups is 1. The van der Waals surface area contributed by atoms with E-state index in [1.807, 2.05) is 12.1 Å². The number of methoxy groups -OCH3 is 1. The van der Waals surface area contributed by atoms with Gasteiger partial charge in [0, 0.05) is 31.3 Å². The predicted octanol–water partition coefficient (Wildman–Crippen LogP) is 4.71. The van der Waals surface area contributed by atoms with Gasteiger partial charge in [0.1, 0.15) is 6.61 Å². The molecule has 0 heterocycles. The average Bonchev–Trinajstić information content (AvgIpc) is 2.93. The first-order valence-corrected chi connectivity index (χ1v) is 9.82. The lowest BCUT2D eigenvalue weighted by atomic mass is 9.83. The first-order chi connectivity index (χ1) is 14.1. The van der Waals surface area contributed by atoms with E-state index >= 15 is 0 Å². The molecule has 162 valence electrons. The fourth-order valence-electron chi connectivity index (χ4n) is 4.19. The summed E-state index contributed by atoms with van der Waals surface area (Å²) in [5, 5.41) is 3.47. The molecule has 0 saturated carbocycles. The van der Waals surface area contributed by atoms with Crippen LogP contribution in [0.15, 0.2) is 48.5 Å². The van der Waals surface area contributed by atoms with Crippen LogP contribution < -0.4 is 5.32 Å². The van der Waals surface area contributed by atoms with Crippen molar-refractivity contribution in [3.63, 3.8) is 0 Å². The van der Waals surface area contributed by atoms with E-state index in [0.29, 0.717) is 4.90 Å². The molecule has 2 unspecified atom stereocenters. The van der Waals surface area contributed by atoms with Crippen molar-refractivity contribution in [2.24, 2.45) is 0 Å². The molecule has 0 aromatic heterocycles. The number of amides is 1. The molecule has 0 fully saturated rings. The van der Waals surface area contributed by atoms with Gasteiger partial charge in [-0.3, -0.25) is 4.79 Å². The smallest absolute Gasteiger partial charge is 0.381 e. The van der Waals surface area contributed by atoms with Gasteiger partial charge < -0.3 is 15.0 Å². The fraction of sp³-hybridized carbons (Fsp3) is 0.435. The Morgan fingerprint density at radius 3 is 2.40 bits per heavy atom. The summed E-state index contributed by atoms with van der Waals surface area (Å²) in [5.74, 6) is -0.729. The molecule has 1 N–H and O–H groups in total. The summed E-state index contributed by atoms with van der Waals surface area (Å²) in [6.45, 7) is 3.93. The van der Waals surface area contributed by atoms with Gasteiger partial charge in [0.2, 0.25) is 5.91 Å². The van der Waals surface area contributed by atoms with E-state index < -0.39 is 24.7 Å². The molecule has 2 atom stereocenters. The van der Waals surface area contributed by atoms with Gasteiger partial charge >= 0.3 is 6.18 Å². The van der Waals surface area contributed by atoms with Crippen molar-refractivity contribution in [3.05, 3.63) is 65.2 Å². The Hall–Kier alpha value is -2.54. The van der Waals surface area contributed by atoms with E-state index in [4.69, 9.17) is 4.74 Å². The molecular formula is C23H27F3N2O2. The lowest BCUT2D eigenvalue weighted by molar-refractivity contribution is -0.190. The van der Waals surface area contributed by atoms with E-state index in [-0.39, 0.29) is 17.0 Å². The third kappa shape index (κ3) is 4.31. The molecule has 1 aliphatic rings. The summed E-state index contributed by atoms with van der Waals surface area (Å²) in [5.41, 5.74) is 3.23. The second-order valence-electron chi connectivity index (χ2n) is 8.28. The molecule has 7 heteroatoms. The highest BCUT2D eigenvalue weighted by atomic mass is 19.4. The number of nitrogens with zero attached hydrogens (tertiary/aromatic N) is 1. The molecule has 1 amide bonds. The second kappa shape index (κ2) is 8.30. The van der Waals surface area contributed by atoms with Gasteiger partial charge in [-0.05, 0) is 35.2 Å². The van der Waals surface area contributed by atoms with Crippen LogP contribution in [0, 0.1) is 0 Å². The van der Waals surface area contributed by atoms with Gasteiger partial charge in [0.25, 0.3) is 0 Å². The van der Waals surface area contributed by atoms with Crippen LogP contribution in [0.1, 0.15) is 36.6 Å². The highest BCUT2D eigenvalue weighted by molar-refractivity contribution is 5.77. The standard InChI is InChI=1S/C23H27F3N2O2/c1-22(2)18-8-6-5-7-16(18)13-19(22)27-17-11-9-15(10-12-17)21(23(24,25)26)28(3)20(29)14-30-4/h5-12,19,21,27H,13-14H2,1-4H3. The van der Waals surface area contributed by atoms with Crippen LogP contribution in [0.5, 0.6) is 0 Å². The lowest BCUT2D eigenvalue weighted by Gasteiger charge is -2.31. The minimum Gasteiger partial charge on any atom is -0.381 e. The number of benzene rings is 2. The van der Waals surface area contributed by atoms with Crippen molar-refractivity contribution in [3.8, 4) is 0 Å². The number of ether oxygens (including phenoxy) is 1. The summed E-state index contributed by atoms with van der Waals surface area (Å²) >= 11 is 0. The quantitative estimate of drug-likeness (QED) is 0.736. The third-order valence-electron chi connectivity index (χ3n) is 5.93. The SMILES string of the molecule is COCC(=O)N(C)C(c1ccc(NC2Cc3ccccc3C2(C)C)cc1)C(F)(F)F. The Morgan fingerprint density at radius 1 is 1.20 bits per heavy atom. The van der Waals surface area contributed by atoms with Crippen molar-refractivity contribution < 1.29 is 22.7 Å². The zero-order valence-electron chi connectivity index (χ0n) is 17.6. The summed E-state index contributed by atoms with van der Waals surface area (Å²) in [6.07, 6.45) is -3.74. The summed E-state index contributed by atoms with van der Waals surface area (Å²) in [4.78, 5) is 12.7. The number of halogens is 3. The number of hydrogen-bond donors (Lipinski definition) is 1. The number of likely N-dealkylation sites (N-methyl/N-ethyl adjacent to an activating group) is 1. The predicted molar refractivity (Wildman–Crippen MR) is 110 cm³/mol. The maximum atomic E-state index is 13.7. The van der Waals surface area contributed by atoms with Gasteiger partial charge in [0.05, 0.1) is 0 Å². The number of nitrogens with one attached hydrogen (secondary N) is 1. The molecule has 0 saturated heterocycles. The summed E-state index contributed by atoms with van der Waals surface area (Å²) < 4.78 is 45.8. The van der Waals surface area contributed by atoms with Crippen molar-refractivity contribution >= 4 is 11.6 Å². The molecule has 0 bridgehead atoms. The van der Waals surface area contributed by atoms with E-state index in [1.165, 1.54) is 30.4 Å². The van der Waals surface area contributed by atoms with E-state index in [0.717, 1.165) is 19.2 Å². The monoisotopic (exact) mass is 420 g/mol. The Morgan fingerprint density at radius 2 is 1.83 bits per heavy atom. The van der Waals surface area contributed by atoms with Crippen LogP contribution in [0.4, 0.5) is 18.9 Å². The van der Waals surface area contributed by atoms with Crippen molar-refractivity contribution in [2.75, 3.05) is 26.1 Å². The van der Waals surface area contributed by atoms with Crippen LogP contribution in [-0.2, 0) is 21.4 Å². The maximum absolute atomic E-state index is 13.7. The first kappa shape index (κ1) is 22.2. The van der Waals surface area contributed by atoms with E-state index in [2.05, 4.69) is 31.3 Å². The normalized spacial score (nSPS) is 18.6. The number of hydrogen-bond acceptors (Lipinski definition) is 3. The van der Waals surface area contributed by atoms with Crippen LogP contribution in [0.3, 0.4) is 0 Å². The van der Waals surface area contributed by atoms with E-state index in [9.17, 15) is 18.0 Å².